The van der Waals surface area contributed by atoms with Gasteiger partial charge in [-0.3, -0.25) is 0 Å². The minimum absolute atomic E-state index is 0.0446. The molecule has 4 nitrogen and oxygen atoms in total. The van der Waals surface area contributed by atoms with Gasteiger partial charge in [0.05, 0.1) is 6.61 Å². The summed E-state index contributed by atoms with van der Waals surface area (Å²) in [4.78, 5) is 7.22. The molecule has 90 valence electrons. The molecule has 0 saturated carbocycles. The van der Waals surface area contributed by atoms with Crippen molar-refractivity contribution in [1.29, 1.82) is 0 Å². The highest BCUT2D eigenvalue weighted by Crippen LogP contribution is 2.18. The third-order valence-electron chi connectivity index (χ3n) is 2.59. The molecule has 0 aliphatic heterocycles. The molecule has 1 heterocycles. The highest BCUT2D eigenvalue weighted by Gasteiger charge is 2.08. The molecule has 17 heavy (non-hydrogen) atoms. The Morgan fingerprint density at radius 1 is 1.35 bits per heavy atom. The highest BCUT2D eigenvalue weighted by molar-refractivity contribution is 5.29. The second-order valence-electron chi connectivity index (χ2n) is 3.85. The number of imidazole rings is 1. The zero-order chi connectivity index (χ0) is 12.1. The largest absolute Gasteiger partial charge is 0.494 e. The van der Waals surface area contributed by atoms with Gasteiger partial charge in [0.2, 0.25) is 0 Å². The molecule has 0 saturated heterocycles. The van der Waals surface area contributed by atoms with Crippen molar-refractivity contribution in [1.82, 2.24) is 9.97 Å². The van der Waals surface area contributed by atoms with Gasteiger partial charge >= 0.3 is 0 Å². The van der Waals surface area contributed by atoms with Gasteiger partial charge in [0.15, 0.2) is 0 Å². The van der Waals surface area contributed by atoms with Crippen molar-refractivity contribution in [3.63, 3.8) is 0 Å². The van der Waals surface area contributed by atoms with Crippen LogP contribution in [0.15, 0.2) is 36.7 Å². The number of H-pyrrole nitrogens is 1. The van der Waals surface area contributed by atoms with Crippen molar-refractivity contribution in [3.05, 3.63) is 48.0 Å². The van der Waals surface area contributed by atoms with E-state index < -0.39 is 0 Å². The predicted octanol–water partition coefficient (Wildman–Crippen LogP) is 2.05. The number of benzene rings is 1. The smallest absolute Gasteiger partial charge is 0.119 e. The van der Waals surface area contributed by atoms with Gasteiger partial charge in [0.1, 0.15) is 11.6 Å². The lowest BCUT2D eigenvalue weighted by atomic mass is 10.0. The Hall–Kier alpha value is -1.81. The number of nitrogens with one attached hydrogen (secondary N) is 1. The fourth-order valence-electron chi connectivity index (χ4n) is 1.71. The maximum atomic E-state index is 6.11. The van der Waals surface area contributed by atoms with E-state index in [4.69, 9.17) is 10.5 Å². The summed E-state index contributed by atoms with van der Waals surface area (Å²) in [6.45, 7) is 2.65. The first-order valence-electron chi connectivity index (χ1n) is 5.76. The van der Waals surface area contributed by atoms with Crippen molar-refractivity contribution < 1.29 is 4.74 Å². The fourth-order valence-corrected chi connectivity index (χ4v) is 1.71. The normalized spacial score (nSPS) is 12.4. The van der Waals surface area contributed by atoms with Crippen LogP contribution in [-0.2, 0) is 6.42 Å². The summed E-state index contributed by atoms with van der Waals surface area (Å²) < 4.78 is 5.39. The lowest BCUT2D eigenvalue weighted by Gasteiger charge is -2.11. The summed E-state index contributed by atoms with van der Waals surface area (Å²) in [5, 5.41) is 0. The van der Waals surface area contributed by atoms with Crippen molar-refractivity contribution in [2.45, 2.75) is 19.4 Å². The van der Waals surface area contributed by atoms with Crippen molar-refractivity contribution >= 4 is 0 Å². The Morgan fingerprint density at radius 2 is 2.12 bits per heavy atom. The molecular formula is C13H17N3O. The SMILES string of the molecule is CCOc1ccc(C(N)Cc2ncc[nH]2)cc1. The number of nitrogens with zero attached hydrogens (tertiary/aromatic N) is 1. The van der Waals surface area contributed by atoms with Gasteiger partial charge in [-0.25, -0.2) is 4.98 Å². The van der Waals surface area contributed by atoms with Gasteiger partial charge in [0.25, 0.3) is 0 Å². The van der Waals surface area contributed by atoms with Gasteiger partial charge in [-0.2, -0.15) is 0 Å². The van der Waals surface area contributed by atoms with Gasteiger partial charge in [0, 0.05) is 24.9 Å². The lowest BCUT2D eigenvalue weighted by molar-refractivity contribution is 0.340. The quantitative estimate of drug-likeness (QED) is 0.827. The molecule has 1 unspecified atom stereocenters. The van der Waals surface area contributed by atoms with Crippen molar-refractivity contribution in [3.8, 4) is 5.75 Å². The number of nitrogens with two attached hydrogens (primary N) is 1. The average molecular weight is 231 g/mol. The molecule has 0 fully saturated rings. The van der Waals surface area contributed by atoms with E-state index in [1.165, 1.54) is 0 Å². The van der Waals surface area contributed by atoms with Crippen LogP contribution in [0.2, 0.25) is 0 Å². The van der Waals surface area contributed by atoms with E-state index in [2.05, 4.69) is 9.97 Å². The van der Waals surface area contributed by atoms with Crippen LogP contribution in [0.25, 0.3) is 0 Å². The number of ether oxygens (including phenoxy) is 1. The number of hydrogen-bond donors (Lipinski definition) is 2. The second-order valence-corrected chi connectivity index (χ2v) is 3.85. The van der Waals surface area contributed by atoms with Gasteiger partial charge in [-0.15, -0.1) is 0 Å². The fraction of sp³-hybridized carbons (Fsp3) is 0.308. The van der Waals surface area contributed by atoms with Gasteiger partial charge in [-0.05, 0) is 24.6 Å². The number of hydrogen-bond acceptors (Lipinski definition) is 3. The van der Waals surface area contributed by atoms with Crippen molar-refractivity contribution in [2.24, 2.45) is 5.73 Å². The molecular weight excluding hydrogens is 214 g/mol. The lowest BCUT2D eigenvalue weighted by Crippen LogP contribution is -2.14. The van der Waals surface area contributed by atoms with Crippen LogP contribution in [0.3, 0.4) is 0 Å². The molecule has 1 atom stereocenters. The van der Waals surface area contributed by atoms with Crippen LogP contribution in [0, 0.1) is 0 Å². The molecule has 0 bridgehead atoms. The minimum atomic E-state index is -0.0446. The summed E-state index contributed by atoms with van der Waals surface area (Å²) in [5.74, 6) is 1.79. The Labute approximate surface area is 101 Å². The molecule has 2 aromatic rings. The van der Waals surface area contributed by atoms with Crippen LogP contribution in [0.5, 0.6) is 5.75 Å². The number of aromatic amines is 1. The molecule has 4 heteroatoms. The first-order valence-corrected chi connectivity index (χ1v) is 5.76. The molecule has 0 amide bonds. The predicted molar refractivity (Wildman–Crippen MR) is 66.8 cm³/mol. The van der Waals surface area contributed by atoms with E-state index in [-0.39, 0.29) is 6.04 Å². The van der Waals surface area contributed by atoms with Gasteiger partial charge in [-0.1, -0.05) is 12.1 Å². The maximum Gasteiger partial charge on any atom is 0.119 e. The van der Waals surface area contributed by atoms with E-state index in [0.29, 0.717) is 13.0 Å². The van der Waals surface area contributed by atoms with Crippen LogP contribution >= 0.6 is 0 Å². The summed E-state index contributed by atoms with van der Waals surface area (Å²) in [5.41, 5.74) is 7.20. The monoisotopic (exact) mass is 231 g/mol. The standard InChI is InChI=1S/C13H17N3O/c1-2-17-11-5-3-10(4-6-11)12(14)9-13-15-7-8-16-13/h3-8,12H,2,9,14H2,1H3,(H,15,16). The third-order valence-corrected chi connectivity index (χ3v) is 2.59. The highest BCUT2D eigenvalue weighted by atomic mass is 16.5. The topological polar surface area (TPSA) is 63.9 Å². The molecule has 0 spiro atoms. The molecule has 0 aliphatic rings. The zero-order valence-electron chi connectivity index (χ0n) is 9.89. The summed E-state index contributed by atoms with van der Waals surface area (Å²) >= 11 is 0. The summed E-state index contributed by atoms with van der Waals surface area (Å²) in [6.07, 6.45) is 4.25. The van der Waals surface area contributed by atoms with Gasteiger partial charge < -0.3 is 15.5 Å². The molecule has 2 rings (SSSR count). The third kappa shape index (κ3) is 3.07. The first kappa shape index (κ1) is 11.7. The number of aromatic nitrogens is 2. The van der Waals surface area contributed by atoms with E-state index in [1.807, 2.05) is 31.2 Å². The van der Waals surface area contributed by atoms with Crippen LogP contribution < -0.4 is 10.5 Å². The minimum Gasteiger partial charge on any atom is -0.494 e. The molecule has 0 aliphatic carbocycles. The van der Waals surface area contributed by atoms with Crippen LogP contribution in [0.4, 0.5) is 0 Å². The molecule has 0 radical (unpaired) electrons. The first-order chi connectivity index (χ1) is 8.29. The maximum absolute atomic E-state index is 6.11. The Balaban J connectivity index is 2.01. The van der Waals surface area contributed by atoms with Crippen LogP contribution in [-0.4, -0.2) is 16.6 Å². The molecule has 1 aromatic carbocycles. The zero-order valence-corrected chi connectivity index (χ0v) is 9.89. The van der Waals surface area contributed by atoms with E-state index >= 15 is 0 Å². The Bertz CT molecular complexity index is 436. The second kappa shape index (κ2) is 5.50. The summed E-state index contributed by atoms with van der Waals surface area (Å²) in [7, 11) is 0. The Kier molecular flexibility index (Phi) is 3.77. The van der Waals surface area contributed by atoms with E-state index in [1.54, 1.807) is 12.4 Å². The molecule has 3 N–H and O–H groups in total. The van der Waals surface area contributed by atoms with E-state index in [0.717, 1.165) is 17.1 Å². The Morgan fingerprint density at radius 3 is 2.71 bits per heavy atom. The van der Waals surface area contributed by atoms with E-state index in [9.17, 15) is 0 Å². The number of rotatable bonds is 5. The van der Waals surface area contributed by atoms with Crippen LogP contribution in [0.1, 0.15) is 24.4 Å². The average Bonchev–Trinajstić information content (AvgIpc) is 2.83. The summed E-state index contributed by atoms with van der Waals surface area (Å²) in [6, 6.07) is 7.84. The molecule has 1 aromatic heterocycles. The van der Waals surface area contributed by atoms with Crippen molar-refractivity contribution in [2.75, 3.05) is 6.61 Å².